The molecule has 2 N–H and O–H groups in total. The van der Waals surface area contributed by atoms with Gasteiger partial charge in [-0.1, -0.05) is 23.7 Å². The minimum absolute atomic E-state index is 0.0273. The molecule has 0 aromatic heterocycles. The second kappa shape index (κ2) is 8.52. The van der Waals surface area contributed by atoms with E-state index in [2.05, 4.69) is 5.32 Å². The van der Waals surface area contributed by atoms with Crippen LogP contribution in [0.2, 0.25) is 5.02 Å². The van der Waals surface area contributed by atoms with Crippen molar-refractivity contribution in [3.05, 3.63) is 58.6 Å². The van der Waals surface area contributed by atoms with E-state index in [0.29, 0.717) is 24.6 Å². The number of sulfonamides is 1. The molecule has 1 aliphatic rings. The van der Waals surface area contributed by atoms with Gasteiger partial charge >= 0.3 is 5.97 Å². The Morgan fingerprint density at radius 1 is 1.07 bits per heavy atom. The molecule has 28 heavy (non-hydrogen) atoms. The third-order valence-corrected chi connectivity index (χ3v) is 7.36. The maximum Gasteiger partial charge on any atom is 0.337 e. The third-order valence-electron chi connectivity index (χ3n) is 4.20. The number of nitrogens with one attached hydrogen (secondary N) is 1. The summed E-state index contributed by atoms with van der Waals surface area (Å²) in [4.78, 5) is 23.9. The minimum atomic E-state index is -3.74. The maximum atomic E-state index is 12.8. The van der Waals surface area contributed by atoms with Crippen molar-refractivity contribution in [1.82, 2.24) is 4.31 Å². The molecule has 1 amide bonds. The maximum absolute atomic E-state index is 12.8. The van der Waals surface area contributed by atoms with E-state index in [-0.39, 0.29) is 26.7 Å². The van der Waals surface area contributed by atoms with Crippen molar-refractivity contribution in [1.29, 1.82) is 0 Å². The van der Waals surface area contributed by atoms with Gasteiger partial charge in [0.15, 0.2) is 0 Å². The van der Waals surface area contributed by atoms with Gasteiger partial charge in [-0.2, -0.15) is 16.1 Å². The van der Waals surface area contributed by atoms with Gasteiger partial charge < -0.3 is 10.4 Å². The summed E-state index contributed by atoms with van der Waals surface area (Å²) in [5, 5.41) is 11.8. The molecule has 148 valence electrons. The van der Waals surface area contributed by atoms with Gasteiger partial charge in [0.2, 0.25) is 10.0 Å². The monoisotopic (exact) mass is 440 g/mol. The van der Waals surface area contributed by atoms with Crippen molar-refractivity contribution in [3.8, 4) is 0 Å². The van der Waals surface area contributed by atoms with Gasteiger partial charge in [0, 0.05) is 24.6 Å². The zero-order chi connectivity index (χ0) is 20.3. The molecular weight excluding hydrogens is 424 g/mol. The Labute approximate surface area is 171 Å². The predicted octanol–water partition coefficient (Wildman–Crippen LogP) is 3.03. The van der Waals surface area contributed by atoms with E-state index >= 15 is 0 Å². The number of amides is 1. The van der Waals surface area contributed by atoms with Crippen molar-refractivity contribution < 1.29 is 23.1 Å². The van der Waals surface area contributed by atoms with Crippen LogP contribution in [0.5, 0.6) is 0 Å². The number of carbonyl (C=O) groups excluding carboxylic acids is 1. The number of anilines is 1. The first-order chi connectivity index (χ1) is 13.3. The molecular formula is C18H17ClN2O5S2. The molecule has 0 unspecified atom stereocenters. The number of carbonyl (C=O) groups is 2. The normalized spacial score (nSPS) is 15.2. The van der Waals surface area contributed by atoms with Crippen molar-refractivity contribution in [2.75, 3.05) is 29.9 Å². The summed E-state index contributed by atoms with van der Waals surface area (Å²) in [5.74, 6) is -0.454. The first kappa shape index (κ1) is 20.7. The summed E-state index contributed by atoms with van der Waals surface area (Å²) < 4.78 is 27.1. The Kier molecular flexibility index (Phi) is 6.29. The van der Waals surface area contributed by atoms with Crippen LogP contribution < -0.4 is 5.32 Å². The number of hydrogen-bond acceptors (Lipinski definition) is 5. The first-order valence-electron chi connectivity index (χ1n) is 8.32. The van der Waals surface area contributed by atoms with E-state index in [1.807, 2.05) is 0 Å². The number of nitrogens with zero attached hydrogens (tertiary/aromatic N) is 1. The Hall–Kier alpha value is -2.07. The highest BCUT2D eigenvalue weighted by molar-refractivity contribution is 7.99. The lowest BCUT2D eigenvalue weighted by molar-refractivity contribution is 0.0698. The van der Waals surface area contributed by atoms with E-state index in [0.717, 1.165) is 0 Å². The number of rotatable bonds is 5. The van der Waals surface area contributed by atoms with Crippen molar-refractivity contribution in [2.45, 2.75) is 4.90 Å². The number of carboxylic acids is 1. The van der Waals surface area contributed by atoms with Crippen molar-refractivity contribution >= 4 is 50.9 Å². The number of carboxylic acid groups (broad SMARTS) is 1. The van der Waals surface area contributed by atoms with Crippen LogP contribution in [0, 0.1) is 0 Å². The summed E-state index contributed by atoms with van der Waals surface area (Å²) in [6, 6.07) is 9.86. The van der Waals surface area contributed by atoms with Crippen LogP contribution in [0.25, 0.3) is 0 Å². The standard InChI is InChI=1S/C18H17ClN2O5S2/c19-15-6-5-12(28(25,26)21-7-9-27-10-8-21)11-14(15)17(22)20-16-4-2-1-3-13(16)18(23)24/h1-6,11H,7-10H2,(H,20,22)(H,23,24). The molecule has 1 aliphatic heterocycles. The zero-order valence-electron chi connectivity index (χ0n) is 14.6. The fourth-order valence-corrected chi connectivity index (χ4v) is 5.55. The van der Waals surface area contributed by atoms with Gasteiger partial charge in [0.05, 0.1) is 26.7 Å². The molecule has 0 saturated carbocycles. The Morgan fingerprint density at radius 3 is 2.43 bits per heavy atom. The Balaban J connectivity index is 1.91. The average molecular weight is 441 g/mol. The van der Waals surface area contributed by atoms with Crippen LogP contribution in [0.1, 0.15) is 20.7 Å². The quantitative estimate of drug-likeness (QED) is 0.740. The highest BCUT2D eigenvalue weighted by atomic mass is 35.5. The zero-order valence-corrected chi connectivity index (χ0v) is 17.0. The summed E-state index contributed by atoms with van der Waals surface area (Å²) >= 11 is 7.79. The molecule has 0 radical (unpaired) electrons. The topological polar surface area (TPSA) is 104 Å². The molecule has 3 rings (SSSR count). The van der Waals surface area contributed by atoms with E-state index in [1.165, 1.54) is 40.7 Å². The minimum Gasteiger partial charge on any atom is -0.478 e. The second-order valence-corrected chi connectivity index (χ2v) is 9.53. The second-order valence-electron chi connectivity index (χ2n) is 5.96. The fraction of sp³-hybridized carbons (Fsp3) is 0.222. The van der Waals surface area contributed by atoms with Gasteiger partial charge in [-0.05, 0) is 30.3 Å². The van der Waals surface area contributed by atoms with Crippen LogP contribution in [0.15, 0.2) is 47.4 Å². The van der Waals surface area contributed by atoms with Gasteiger partial charge in [-0.15, -0.1) is 0 Å². The molecule has 7 nitrogen and oxygen atoms in total. The SMILES string of the molecule is O=C(Nc1ccccc1C(=O)O)c1cc(S(=O)(=O)N2CCSCC2)ccc1Cl. The Morgan fingerprint density at radius 2 is 1.75 bits per heavy atom. The van der Waals surface area contributed by atoms with Crippen molar-refractivity contribution in [2.24, 2.45) is 0 Å². The van der Waals surface area contributed by atoms with Crippen LogP contribution >= 0.6 is 23.4 Å². The number of aromatic carboxylic acids is 1. The van der Waals surface area contributed by atoms with Gasteiger partial charge in [-0.25, -0.2) is 13.2 Å². The lowest BCUT2D eigenvalue weighted by atomic mass is 10.1. The molecule has 0 aliphatic carbocycles. The lowest BCUT2D eigenvalue weighted by Gasteiger charge is -2.25. The highest BCUT2D eigenvalue weighted by Crippen LogP contribution is 2.26. The number of thioether (sulfide) groups is 1. The first-order valence-corrected chi connectivity index (χ1v) is 11.3. The highest BCUT2D eigenvalue weighted by Gasteiger charge is 2.27. The summed E-state index contributed by atoms with van der Waals surface area (Å²) in [7, 11) is -3.74. The molecule has 0 atom stereocenters. The molecule has 10 heteroatoms. The summed E-state index contributed by atoms with van der Waals surface area (Å²) in [6.07, 6.45) is 0. The van der Waals surface area contributed by atoms with Crippen LogP contribution in [-0.4, -0.2) is 54.3 Å². The summed E-state index contributed by atoms with van der Waals surface area (Å²) in [5.41, 5.74) is -0.0340. The molecule has 0 bridgehead atoms. The number of para-hydroxylation sites is 1. The fourth-order valence-electron chi connectivity index (χ4n) is 2.74. The van der Waals surface area contributed by atoms with E-state index < -0.39 is 21.9 Å². The van der Waals surface area contributed by atoms with E-state index in [4.69, 9.17) is 11.6 Å². The molecule has 2 aromatic carbocycles. The van der Waals surface area contributed by atoms with Gasteiger partial charge in [-0.3, -0.25) is 4.79 Å². The van der Waals surface area contributed by atoms with Gasteiger partial charge in [0.1, 0.15) is 0 Å². The predicted molar refractivity (Wildman–Crippen MR) is 109 cm³/mol. The summed E-state index contributed by atoms with van der Waals surface area (Å²) in [6.45, 7) is 0.812. The lowest BCUT2D eigenvalue weighted by Crippen LogP contribution is -2.37. The smallest absolute Gasteiger partial charge is 0.337 e. The van der Waals surface area contributed by atoms with Crippen LogP contribution in [-0.2, 0) is 10.0 Å². The van der Waals surface area contributed by atoms with Crippen LogP contribution in [0.3, 0.4) is 0 Å². The number of hydrogen-bond donors (Lipinski definition) is 2. The molecule has 1 saturated heterocycles. The molecule has 2 aromatic rings. The van der Waals surface area contributed by atoms with E-state index in [9.17, 15) is 23.1 Å². The van der Waals surface area contributed by atoms with Crippen molar-refractivity contribution in [3.63, 3.8) is 0 Å². The Bertz CT molecular complexity index is 1020. The molecule has 0 spiro atoms. The molecule has 1 heterocycles. The number of benzene rings is 2. The van der Waals surface area contributed by atoms with Crippen LogP contribution in [0.4, 0.5) is 5.69 Å². The van der Waals surface area contributed by atoms with E-state index in [1.54, 1.807) is 17.8 Å². The largest absolute Gasteiger partial charge is 0.478 e. The van der Waals surface area contributed by atoms with Gasteiger partial charge in [0.25, 0.3) is 5.91 Å². The third kappa shape index (κ3) is 4.33. The number of halogens is 1. The average Bonchev–Trinajstić information content (AvgIpc) is 2.69. The molecule has 1 fully saturated rings.